The minimum atomic E-state index is -0.810. The Balaban J connectivity index is 1.87. The van der Waals surface area contributed by atoms with E-state index in [2.05, 4.69) is 10.9 Å². The van der Waals surface area contributed by atoms with Gasteiger partial charge in [0.25, 0.3) is 11.8 Å². The molecule has 0 fully saturated rings. The molecule has 30 heavy (non-hydrogen) atoms. The zero-order chi connectivity index (χ0) is 21.9. The molecule has 2 rings (SSSR count). The number of nitrogens with one attached hydrogen (secondary N) is 2. The number of para-hydroxylation sites is 1. The molecule has 2 aromatic rings. The highest BCUT2D eigenvalue weighted by molar-refractivity contribution is 5.98. The third-order valence-corrected chi connectivity index (χ3v) is 4.04. The molecule has 8 heteroatoms. The van der Waals surface area contributed by atoms with Gasteiger partial charge in [-0.25, -0.2) is 0 Å². The van der Waals surface area contributed by atoms with Gasteiger partial charge < -0.3 is 19.1 Å². The topological polar surface area (TPSA) is 89.1 Å². The lowest BCUT2D eigenvalue weighted by Crippen LogP contribution is -2.47. The van der Waals surface area contributed by atoms with Crippen molar-refractivity contribution >= 4 is 11.8 Å². The summed E-state index contributed by atoms with van der Waals surface area (Å²) in [6, 6.07) is 13.8. The largest absolute Gasteiger partial charge is 0.494 e. The number of carbonyl (C=O) groups is 2. The van der Waals surface area contributed by atoms with E-state index in [1.165, 1.54) is 0 Å². The first-order valence-corrected chi connectivity index (χ1v) is 9.77. The predicted molar refractivity (Wildman–Crippen MR) is 114 cm³/mol. The molecule has 1 unspecified atom stereocenters. The van der Waals surface area contributed by atoms with E-state index < -0.39 is 17.9 Å². The molecule has 2 amide bonds. The molecule has 0 aliphatic heterocycles. The van der Waals surface area contributed by atoms with Gasteiger partial charge in [0.15, 0.2) is 6.10 Å². The van der Waals surface area contributed by atoms with Crippen molar-refractivity contribution in [3.63, 3.8) is 0 Å². The van der Waals surface area contributed by atoms with Gasteiger partial charge in [-0.15, -0.1) is 0 Å². The van der Waals surface area contributed by atoms with Gasteiger partial charge in [-0.1, -0.05) is 12.1 Å². The summed E-state index contributed by atoms with van der Waals surface area (Å²) in [6.07, 6.45) is -0.810. The molecule has 0 aromatic heterocycles. The van der Waals surface area contributed by atoms with Crippen LogP contribution in [0.5, 0.6) is 17.2 Å². The quantitative estimate of drug-likeness (QED) is 0.579. The number of benzene rings is 2. The molecule has 0 aliphatic rings. The zero-order valence-electron chi connectivity index (χ0n) is 17.8. The Morgan fingerprint density at radius 1 is 0.967 bits per heavy atom. The number of carbonyl (C=O) groups excluding carboxylic acids is 2. The lowest BCUT2D eigenvalue weighted by molar-refractivity contribution is -0.128. The average Bonchev–Trinajstić information content (AvgIpc) is 2.73. The maximum Gasteiger partial charge on any atom is 0.279 e. The van der Waals surface area contributed by atoms with Gasteiger partial charge in [0, 0.05) is 6.54 Å². The summed E-state index contributed by atoms with van der Waals surface area (Å²) < 4.78 is 16.6. The fourth-order valence-corrected chi connectivity index (χ4v) is 2.44. The van der Waals surface area contributed by atoms with Crippen LogP contribution in [0, 0.1) is 0 Å². The highest BCUT2D eigenvalue weighted by Gasteiger charge is 2.17. The van der Waals surface area contributed by atoms with Crippen LogP contribution in [0.15, 0.2) is 48.5 Å². The van der Waals surface area contributed by atoms with E-state index >= 15 is 0 Å². The molecule has 2 aromatic carbocycles. The van der Waals surface area contributed by atoms with Crippen LogP contribution in [0.25, 0.3) is 0 Å². The van der Waals surface area contributed by atoms with Crippen molar-refractivity contribution in [1.29, 1.82) is 0 Å². The molecule has 162 valence electrons. The van der Waals surface area contributed by atoms with Gasteiger partial charge in [-0.05, 0) is 64.3 Å². The van der Waals surface area contributed by atoms with Crippen LogP contribution in [0.2, 0.25) is 0 Å². The maximum atomic E-state index is 12.5. The summed E-state index contributed by atoms with van der Waals surface area (Å²) in [5.74, 6) is 0.734. The minimum absolute atomic E-state index is 0.330. The normalized spacial score (nSPS) is 11.5. The molecule has 8 nitrogen and oxygen atoms in total. The summed E-state index contributed by atoms with van der Waals surface area (Å²) in [4.78, 5) is 26.7. The second kappa shape index (κ2) is 11.7. The molecular weight excluding hydrogens is 386 g/mol. The lowest BCUT2D eigenvalue weighted by Gasteiger charge is -2.16. The van der Waals surface area contributed by atoms with E-state index in [0.29, 0.717) is 36.8 Å². The third kappa shape index (κ3) is 7.29. The Hall–Kier alpha value is -3.26. The van der Waals surface area contributed by atoms with E-state index in [1.54, 1.807) is 55.5 Å². The molecule has 0 saturated heterocycles. The lowest BCUT2D eigenvalue weighted by atomic mass is 10.2. The average molecular weight is 415 g/mol. The highest BCUT2D eigenvalue weighted by Crippen LogP contribution is 2.19. The number of hydrogen-bond acceptors (Lipinski definition) is 6. The van der Waals surface area contributed by atoms with Crippen molar-refractivity contribution in [1.82, 2.24) is 15.8 Å². The molecule has 0 saturated carbocycles. The standard InChI is InChI=1S/C22H29N3O5/c1-5-28-17-10-12-18(13-11-17)30-16(2)21(26)23-24-22(27)19-8-6-7-9-20(19)29-15-14-25(3)4/h6-13,16H,5,14-15H2,1-4H3,(H,23,26)(H,24,27). The maximum absolute atomic E-state index is 12.5. The molecule has 1 atom stereocenters. The number of hydrogen-bond donors (Lipinski definition) is 2. The Morgan fingerprint density at radius 2 is 1.63 bits per heavy atom. The Morgan fingerprint density at radius 3 is 2.30 bits per heavy atom. The molecule has 0 radical (unpaired) electrons. The smallest absolute Gasteiger partial charge is 0.279 e. The number of likely N-dealkylation sites (N-methyl/N-ethyl adjacent to an activating group) is 1. The van der Waals surface area contributed by atoms with Crippen LogP contribution in [-0.2, 0) is 4.79 Å². The highest BCUT2D eigenvalue weighted by atomic mass is 16.5. The number of ether oxygens (including phenoxy) is 3. The Labute approximate surface area is 177 Å². The van der Waals surface area contributed by atoms with E-state index in [1.807, 2.05) is 25.9 Å². The number of rotatable bonds is 10. The fraction of sp³-hybridized carbons (Fsp3) is 0.364. The fourth-order valence-electron chi connectivity index (χ4n) is 2.44. The second-order valence-corrected chi connectivity index (χ2v) is 6.76. The van der Waals surface area contributed by atoms with Gasteiger partial charge >= 0.3 is 0 Å². The first kappa shape index (κ1) is 23.0. The Kier molecular flexibility index (Phi) is 8.96. The van der Waals surface area contributed by atoms with E-state index in [9.17, 15) is 9.59 Å². The van der Waals surface area contributed by atoms with Gasteiger partial charge in [0.1, 0.15) is 23.9 Å². The van der Waals surface area contributed by atoms with Gasteiger partial charge in [-0.2, -0.15) is 0 Å². The van der Waals surface area contributed by atoms with E-state index in [-0.39, 0.29) is 0 Å². The Bertz CT molecular complexity index is 824. The van der Waals surface area contributed by atoms with Crippen LogP contribution >= 0.6 is 0 Å². The van der Waals surface area contributed by atoms with Crippen molar-refractivity contribution in [3.8, 4) is 17.2 Å². The van der Waals surface area contributed by atoms with Crippen LogP contribution in [0.3, 0.4) is 0 Å². The van der Waals surface area contributed by atoms with Crippen molar-refractivity contribution in [2.24, 2.45) is 0 Å². The molecular formula is C22H29N3O5. The van der Waals surface area contributed by atoms with Crippen molar-refractivity contribution in [3.05, 3.63) is 54.1 Å². The SMILES string of the molecule is CCOc1ccc(OC(C)C(=O)NNC(=O)c2ccccc2OCCN(C)C)cc1. The molecule has 2 N–H and O–H groups in total. The van der Waals surface area contributed by atoms with Crippen molar-refractivity contribution < 1.29 is 23.8 Å². The minimum Gasteiger partial charge on any atom is -0.494 e. The zero-order valence-corrected chi connectivity index (χ0v) is 17.8. The monoisotopic (exact) mass is 415 g/mol. The first-order valence-electron chi connectivity index (χ1n) is 9.77. The van der Waals surface area contributed by atoms with Gasteiger partial charge in [0.2, 0.25) is 0 Å². The third-order valence-electron chi connectivity index (χ3n) is 4.04. The van der Waals surface area contributed by atoms with Gasteiger partial charge in [-0.3, -0.25) is 20.4 Å². The molecule has 0 aliphatic carbocycles. The number of amides is 2. The van der Waals surface area contributed by atoms with E-state index in [4.69, 9.17) is 14.2 Å². The second-order valence-electron chi connectivity index (χ2n) is 6.76. The molecule has 0 heterocycles. The van der Waals surface area contributed by atoms with Crippen molar-refractivity contribution in [2.75, 3.05) is 33.9 Å². The summed E-state index contributed by atoms with van der Waals surface area (Å²) in [5.41, 5.74) is 5.11. The summed E-state index contributed by atoms with van der Waals surface area (Å²) in [5, 5.41) is 0. The summed E-state index contributed by atoms with van der Waals surface area (Å²) >= 11 is 0. The summed E-state index contributed by atoms with van der Waals surface area (Å²) in [7, 11) is 3.88. The van der Waals surface area contributed by atoms with Crippen LogP contribution in [0.1, 0.15) is 24.2 Å². The number of hydrazine groups is 1. The van der Waals surface area contributed by atoms with Crippen molar-refractivity contribution in [2.45, 2.75) is 20.0 Å². The number of nitrogens with zero attached hydrogens (tertiary/aromatic N) is 1. The van der Waals surface area contributed by atoms with Gasteiger partial charge in [0.05, 0.1) is 12.2 Å². The predicted octanol–water partition coefficient (Wildman–Crippen LogP) is 2.25. The molecule has 0 bridgehead atoms. The first-order chi connectivity index (χ1) is 14.4. The molecule has 0 spiro atoms. The van der Waals surface area contributed by atoms with E-state index in [0.717, 1.165) is 5.75 Å². The van der Waals surface area contributed by atoms with Crippen LogP contribution < -0.4 is 25.1 Å². The van der Waals surface area contributed by atoms with Crippen LogP contribution in [-0.4, -0.2) is 56.7 Å². The van der Waals surface area contributed by atoms with Crippen LogP contribution in [0.4, 0.5) is 0 Å². The summed E-state index contributed by atoms with van der Waals surface area (Å²) in [6.45, 7) is 5.22.